The van der Waals surface area contributed by atoms with Crippen LogP contribution in [-0.4, -0.2) is 32.1 Å². The van der Waals surface area contributed by atoms with Crippen LogP contribution < -0.4 is 0 Å². The summed E-state index contributed by atoms with van der Waals surface area (Å²) in [6, 6.07) is 0. The van der Waals surface area contributed by atoms with E-state index < -0.39 is 15.3 Å². The van der Waals surface area contributed by atoms with Gasteiger partial charge in [-0.25, -0.2) is 12.7 Å². The minimum atomic E-state index is -3.21. The minimum absolute atomic E-state index is 0.0173. The van der Waals surface area contributed by atoms with E-state index in [9.17, 15) is 8.42 Å². The standard InChI is InChI=1S/C9H14BrNO2S/c1-7-4-5-8(10)6-9(7)14(12,13)11(2)3/h4-7,9H,1-3H3. The van der Waals surface area contributed by atoms with E-state index >= 15 is 0 Å². The van der Waals surface area contributed by atoms with Gasteiger partial charge in [0.15, 0.2) is 0 Å². The molecular formula is C9H14BrNO2S. The highest BCUT2D eigenvalue weighted by Gasteiger charge is 2.31. The molecule has 0 aliphatic heterocycles. The molecule has 3 nitrogen and oxygen atoms in total. The molecule has 0 spiro atoms. The second-order valence-corrected chi connectivity index (χ2v) is 6.78. The summed E-state index contributed by atoms with van der Waals surface area (Å²) >= 11 is 3.29. The molecule has 0 bridgehead atoms. The van der Waals surface area contributed by atoms with Crippen LogP contribution in [0, 0.1) is 5.92 Å². The van der Waals surface area contributed by atoms with Gasteiger partial charge in [0.2, 0.25) is 10.0 Å². The van der Waals surface area contributed by atoms with E-state index in [1.165, 1.54) is 4.31 Å². The third kappa shape index (κ3) is 2.27. The van der Waals surface area contributed by atoms with Crippen molar-refractivity contribution in [2.45, 2.75) is 12.2 Å². The van der Waals surface area contributed by atoms with E-state index in [-0.39, 0.29) is 5.92 Å². The van der Waals surface area contributed by atoms with Crippen molar-refractivity contribution in [3.05, 3.63) is 22.7 Å². The van der Waals surface area contributed by atoms with Crippen LogP contribution in [0.15, 0.2) is 22.7 Å². The Morgan fingerprint density at radius 1 is 1.43 bits per heavy atom. The fourth-order valence-electron chi connectivity index (χ4n) is 1.32. The predicted octanol–water partition coefficient (Wildman–Crippen LogP) is 1.73. The lowest BCUT2D eigenvalue weighted by Crippen LogP contribution is -2.36. The molecule has 0 fully saturated rings. The van der Waals surface area contributed by atoms with Crippen LogP contribution >= 0.6 is 15.9 Å². The van der Waals surface area contributed by atoms with Gasteiger partial charge in [-0.2, -0.15) is 0 Å². The molecule has 0 aromatic heterocycles. The molecule has 2 unspecified atom stereocenters. The summed E-state index contributed by atoms with van der Waals surface area (Å²) in [4.78, 5) is 0. The minimum Gasteiger partial charge on any atom is -0.212 e. The van der Waals surface area contributed by atoms with Crippen LogP contribution in [0.1, 0.15) is 6.92 Å². The molecule has 0 N–H and O–H groups in total. The monoisotopic (exact) mass is 279 g/mol. The molecule has 0 aromatic carbocycles. The smallest absolute Gasteiger partial charge is 0.212 e. The maximum atomic E-state index is 11.9. The van der Waals surface area contributed by atoms with Gasteiger partial charge in [0.05, 0.1) is 0 Å². The molecule has 0 amide bonds. The molecule has 1 rings (SSSR count). The Hall–Kier alpha value is -0.130. The molecule has 80 valence electrons. The van der Waals surface area contributed by atoms with Gasteiger partial charge >= 0.3 is 0 Å². The fourth-order valence-corrected chi connectivity index (χ4v) is 3.37. The Morgan fingerprint density at radius 3 is 2.50 bits per heavy atom. The topological polar surface area (TPSA) is 37.4 Å². The number of hydrogen-bond acceptors (Lipinski definition) is 2. The third-order valence-corrected chi connectivity index (χ3v) is 5.05. The molecule has 0 saturated carbocycles. The summed E-state index contributed by atoms with van der Waals surface area (Å²) in [5.74, 6) is 0.0173. The molecule has 2 atom stereocenters. The highest BCUT2D eigenvalue weighted by molar-refractivity contribution is 9.11. The van der Waals surface area contributed by atoms with Crippen LogP contribution in [0.3, 0.4) is 0 Å². The zero-order chi connectivity index (χ0) is 10.9. The summed E-state index contributed by atoms with van der Waals surface area (Å²) < 4.78 is 25.8. The molecule has 0 radical (unpaired) electrons. The average molecular weight is 280 g/mol. The largest absolute Gasteiger partial charge is 0.220 e. The molecule has 1 aliphatic rings. The van der Waals surface area contributed by atoms with Gasteiger partial charge in [-0.05, 0) is 5.92 Å². The Kier molecular flexibility index (Phi) is 3.55. The summed E-state index contributed by atoms with van der Waals surface area (Å²) in [5, 5.41) is -0.461. The lowest BCUT2D eigenvalue weighted by atomic mass is 10.0. The predicted molar refractivity (Wildman–Crippen MR) is 61.7 cm³/mol. The summed E-state index contributed by atoms with van der Waals surface area (Å²) in [6.45, 7) is 1.90. The second kappa shape index (κ2) is 4.16. The maximum Gasteiger partial charge on any atom is 0.220 e. The van der Waals surface area contributed by atoms with Gasteiger partial charge in [-0.15, -0.1) is 0 Å². The van der Waals surface area contributed by atoms with E-state index in [2.05, 4.69) is 15.9 Å². The first-order valence-corrected chi connectivity index (χ1v) is 6.62. The van der Waals surface area contributed by atoms with Crippen molar-refractivity contribution in [1.29, 1.82) is 0 Å². The van der Waals surface area contributed by atoms with Gasteiger partial charge in [-0.1, -0.05) is 41.1 Å². The number of nitrogens with zero attached hydrogens (tertiary/aromatic N) is 1. The van der Waals surface area contributed by atoms with Crippen molar-refractivity contribution in [3.8, 4) is 0 Å². The Labute approximate surface area is 93.7 Å². The molecule has 14 heavy (non-hydrogen) atoms. The summed E-state index contributed by atoms with van der Waals surface area (Å²) in [5.41, 5.74) is 0. The molecule has 0 saturated heterocycles. The van der Waals surface area contributed by atoms with Crippen molar-refractivity contribution in [2.75, 3.05) is 14.1 Å². The van der Waals surface area contributed by atoms with Gasteiger partial charge in [-0.3, -0.25) is 0 Å². The van der Waals surface area contributed by atoms with E-state index in [1.807, 2.05) is 19.1 Å². The Bertz CT molecular complexity index is 370. The van der Waals surface area contributed by atoms with Gasteiger partial charge in [0, 0.05) is 18.6 Å². The quantitative estimate of drug-likeness (QED) is 0.772. The first-order valence-electron chi connectivity index (χ1n) is 4.32. The highest BCUT2D eigenvalue weighted by Crippen LogP contribution is 2.26. The Balaban J connectivity index is 3.05. The average Bonchev–Trinajstić information content (AvgIpc) is 2.08. The van der Waals surface area contributed by atoms with Crippen LogP contribution in [0.5, 0.6) is 0 Å². The van der Waals surface area contributed by atoms with Gasteiger partial charge < -0.3 is 0 Å². The van der Waals surface area contributed by atoms with Crippen molar-refractivity contribution >= 4 is 26.0 Å². The van der Waals surface area contributed by atoms with Crippen molar-refractivity contribution in [1.82, 2.24) is 4.31 Å². The van der Waals surface area contributed by atoms with Gasteiger partial charge in [0.1, 0.15) is 5.25 Å². The number of allylic oxidation sites excluding steroid dienone is 3. The fraction of sp³-hybridized carbons (Fsp3) is 0.556. The molecular weight excluding hydrogens is 266 g/mol. The van der Waals surface area contributed by atoms with Crippen LogP contribution in [0.25, 0.3) is 0 Å². The maximum absolute atomic E-state index is 11.9. The summed E-state index contributed by atoms with van der Waals surface area (Å²) in [6.07, 6.45) is 5.52. The number of sulfonamides is 1. The van der Waals surface area contributed by atoms with E-state index in [4.69, 9.17) is 0 Å². The molecule has 0 aromatic rings. The van der Waals surface area contributed by atoms with Crippen LogP contribution in [-0.2, 0) is 10.0 Å². The lowest BCUT2D eigenvalue weighted by Gasteiger charge is -2.24. The normalized spacial score (nSPS) is 27.9. The van der Waals surface area contributed by atoms with E-state index in [1.54, 1.807) is 20.2 Å². The van der Waals surface area contributed by atoms with Crippen LogP contribution in [0.2, 0.25) is 0 Å². The van der Waals surface area contributed by atoms with E-state index in [0.717, 1.165) is 4.48 Å². The highest BCUT2D eigenvalue weighted by atomic mass is 79.9. The molecule has 0 heterocycles. The number of rotatable bonds is 2. The lowest BCUT2D eigenvalue weighted by molar-refractivity contribution is 0.500. The van der Waals surface area contributed by atoms with Gasteiger partial charge in [0.25, 0.3) is 0 Å². The van der Waals surface area contributed by atoms with Crippen molar-refractivity contribution < 1.29 is 8.42 Å². The number of hydrogen-bond donors (Lipinski definition) is 0. The van der Waals surface area contributed by atoms with Crippen molar-refractivity contribution in [3.63, 3.8) is 0 Å². The second-order valence-electron chi connectivity index (χ2n) is 3.56. The Morgan fingerprint density at radius 2 is 2.00 bits per heavy atom. The molecule has 5 heteroatoms. The zero-order valence-electron chi connectivity index (χ0n) is 8.44. The first-order chi connectivity index (χ1) is 6.35. The van der Waals surface area contributed by atoms with E-state index in [0.29, 0.717) is 0 Å². The third-order valence-electron chi connectivity index (χ3n) is 2.25. The SMILES string of the molecule is CC1C=CC(Br)=CC1S(=O)(=O)N(C)C. The van der Waals surface area contributed by atoms with Crippen LogP contribution in [0.4, 0.5) is 0 Å². The molecule has 1 aliphatic carbocycles. The first kappa shape index (κ1) is 11.9. The zero-order valence-corrected chi connectivity index (χ0v) is 10.8. The number of halogens is 1. The summed E-state index contributed by atoms with van der Waals surface area (Å²) in [7, 11) is -0.0911. The van der Waals surface area contributed by atoms with Crippen molar-refractivity contribution in [2.24, 2.45) is 5.92 Å².